The highest BCUT2D eigenvalue weighted by Gasteiger charge is 1.96. The van der Waals surface area contributed by atoms with Gasteiger partial charge in [-0.05, 0) is 17.7 Å². The Hall–Kier alpha value is -2.26. The van der Waals surface area contributed by atoms with Crippen molar-refractivity contribution in [3.63, 3.8) is 0 Å². The molecule has 0 fully saturated rings. The first-order valence-electron chi connectivity index (χ1n) is 5.55. The Morgan fingerprint density at radius 2 is 2.06 bits per heavy atom. The first-order chi connectivity index (χ1) is 8.72. The van der Waals surface area contributed by atoms with Crippen molar-refractivity contribution < 1.29 is 9.53 Å². The van der Waals surface area contributed by atoms with Crippen molar-refractivity contribution in [2.75, 3.05) is 19.7 Å². The molecule has 1 aromatic rings. The second kappa shape index (κ2) is 7.92. The van der Waals surface area contributed by atoms with Gasteiger partial charge in [-0.1, -0.05) is 12.1 Å². The maximum absolute atomic E-state index is 10.4. The molecule has 0 atom stereocenters. The number of nitrogens with zero attached hydrogens (tertiary/aromatic N) is 1. The van der Waals surface area contributed by atoms with Gasteiger partial charge in [0.2, 0.25) is 0 Å². The van der Waals surface area contributed by atoms with Crippen molar-refractivity contribution >= 4 is 6.03 Å². The molecule has 0 aliphatic rings. The lowest BCUT2D eigenvalue weighted by molar-refractivity contribution is 0.249. The van der Waals surface area contributed by atoms with Crippen molar-refractivity contribution in [1.82, 2.24) is 10.6 Å². The molecule has 0 unspecified atom stereocenters. The van der Waals surface area contributed by atoms with Crippen LogP contribution in [0.1, 0.15) is 5.56 Å². The molecule has 0 heterocycles. The van der Waals surface area contributed by atoms with Gasteiger partial charge >= 0.3 is 6.03 Å². The van der Waals surface area contributed by atoms with Crippen LogP contribution in [0.25, 0.3) is 0 Å². The van der Waals surface area contributed by atoms with Crippen molar-refractivity contribution in [3.8, 4) is 11.8 Å². The normalized spacial score (nSPS) is 9.50. The molecule has 96 valence electrons. The van der Waals surface area contributed by atoms with Crippen LogP contribution < -0.4 is 21.1 Å². The predicted octanol–water partition coefficient (Wildman–Crippen LogP) is 0.347. The number of rotatable bonds is 7. The Bertz CT molecular complexity index is 411. The van der Waals surface area contributed by atoms with E-state index in [4.69, 9.17) is 15.7 Å². The highest BCUT2D eigenvalue weighted by Crippen LogP contribution is 2.11. The molecular weight excluding hydrogens is 232 g/mol. The number of urea groups is 1. The molecular formula is C12H16N4O2. The van der Waals surface area contributed by atoms with Crippen molar-refractivity contribution in [1.29, 1.82) is 5.26 Å². The zero-order valence-electron chi connectivity index (χ0n) is 9.98. The summed E-state index contributed by atoms with van der Waals surface area (Å²) < 4.78 is 5.14. The van der Waals surface area contributed by atoms with E-state index in [2.05, 4.69) is 10.6 Å². The fourth-order valence-electron chi connectivity index (χ4n) is 1.33. The van der Waals surface area contributed by atoms with E-state index in [0.29, 0.717) is 25.4 Å². The molecule has 0 spiro atoms. The van der Waals surface area contributed by atoms with Crippen LogP contribution in [-0.2, 0) is 6.54 Å². The van der Waals surface area contributed by atoms with Gasteiger partial charge in [-0.2, -0.15) is 5.26 Å². The number of ether oxygens (including phenoxy) is 1. The molecule has 6 nitrogen and oxygen atoms in total. The van der Waals surface area contributed by atoms with E-state index < -0.39 is 6.03 Å². The van der Waals surface area contributed by atoms with Crippen LogP contribution >= 0.6 is 0 Å². The van der Waals surface area contributed by atoms with Crippen molar-refractivity contribution in [2.45, 2.75) is 6.54 Å². The summed E-state index contributed by atoms with van der Waals surface area (Å²) in [6.07, 6.45) is 0. The topological polar surface area (TPSA) is 100 Å². The van der Waals surface area contributed by atoms with Gasteiger partial charge in [0, 0.05) is 19.6 Å². The Morgan fingerprint density at radius 1 is 1.33 bits per heavy atom. The molecule has 1 aromatic carbocycles. The van der Waals surface area contributed by atoms with Crippen LogP contribution in [0.15, 0.2) is 24.3 Å². The number of benzene rings is 1. The van der Waals surface area contributed by atoms with Gasteiger partial charge in [-0.25, -0.2) is 4.79 Å². The van der Waals surface area contributed by atoms with Gasteiger partial charge in [0.25, 0.3) is 0 Å². The maximum Gasteiger partial charge on any atom is 0.312 e. The summed E-state index contributed by atoms with van der Waals surface area (Å²) in [5.41, 5.74) is 6.02. The van der Waals surface area contributed by atoms with Crippen molar-refractivity contribution in [3.05, 3.63) is 29.8 Å². The lowest BCUT2D eigenvalue weighted by Crippen LogP contribution is -2.35. The number of hydrogen-bond donors (Lipinski definition) is 3. The molecule has 0 aliphatic carbocycles. The zero-order valence-corrected chi connectivity index (χ0v) is 9.98. The van der Waals surface area contributed by atoms with E-state index >= 15 is 0 Å². The Labute approximate surface area is 106 Å². The summed E-state index contributed by atoms with van der Waals surface area (Å²) >= 11 is 0. The average Bonchev–Trinajstić information content (AvgIpc) is 2.37. The minimum absolute atomic E-state index is 0.0520. The van der Waals surface area contributed by atoms with Crippen LogP contribution in [0, 0.1) is 11.3 Å². The molecule has 6 heteroatoms. The number of nitriles is 1. The minimum Gasteiger partial charge on any atom is -0.479 e. The lowest BCUT2D eigenvalue weighted by Gasteiger charge is -2.06. The molecule has 0 aromatic heterocycles. The van der Waals surface area contributed by atoms with Gasteiger partial charge in [-0.15, -0.1) is 0 Å². The van der Waals surface area contributed by atoms with E-state index in [1.165, 1.54) is 0 Å². The van der Waals surface area contributed by atoms with E-state index in [1.54, 1.807) is 0 Å². The summed E-state index contributed by atoms with van der Waals surface area (Å²) in [6, 6.07) is 8.86. The van der Waals surface area contributed by atoms with E-state index in [1.807, 2.05) is 30.3 Å². The van der Waals surface area contributed by atoms with Crippen molar-refractivity contribution in [2.24, 2.45) is 5.73 Å². The summed E-state index contributed by atoms with van der Waals surface area (Å²) in [7, 11) is 0. The molecule has 0 aliphatic heterocycles. The number of nitrogens with two attached hydrogens (primary N) is 1. The van der Waals surface area contributed by atoms with Crippen LogP contribution in [0.5, 0.6) is 5.75 Å². The molecule has 1 rings (SSSR count). The number of hydrogen-bond acceptors (Lipinski definition) is 4. The molecule has 0 saturated heterocycles. The molecule has 0 radical (unpaired) electrons. The number of primary amides is 1. The maximum atomic E-state index is 10.4. The Balaban J connectivity index is 2.22. The summed E-state index contributed by atoms with van der Waals surface area (Å²) in [6.45, 7) is 1.89. The largest absolute Gasteiger partial charge is 0.479 e. The second-order valence-corrected chi connectivity index (χ2v) is 3.56. The molecule has 18 heavy (non-hydrogen) atoms. The highest BCUT2D eigenvalue weighted by atomic mass is 16.5. The number of carbonyl (C=O) groups excluding carboxylic acids is 1. The smallest absolute Gasteiger partial charge is 0.312 e. The quantitative estimate of drug-likeness (QED) is 0.606. The third kappa shape index (κ3) is 5.72. The van der Waals surface area contributed by atoms with Gasteiger partial charge in [-0.3, -0.25) is 0 Å². The number of amides is 2. The van der Waals surface area contributed by atoms with E-state index in [-0.39, 0.29) is 6.61 Å². The van der Waals surface area contributed by atoms with Gasteiger partial charge in [0.05, 0.1) is 0 Å². The summed E-state index contributed by atoms with van der Waals surface area (Å²) in [5, 5.41) is 14.0. The molecule has 4 N–H and O–H groups in total. The number of nitrogens with one attached hydrogen (secondary N) is 2. The van der Waals surface area contributed by atoms with Crippen LogP contribution in [0.3, 0.4) is 0 Å². The standard InChI is InChI=1S/C12H16N4O2/c13-5-8-18-11-3-1-10(2-4-11)9-15-6-7-16-12(14)17/h1-4,15H,6-9H2,(H3,14,16,17). The molecule has 0 saturated carbocycles. The van der Waals surface area contributed by atoms with Gasteiger partial charge in [0.15, 0.2) is 6.61 Å². The SMILES string of the molecule is N#CCOc1ccc(CNCCNC(N)=O)cc1. The molecule has 0 bridgehead atoms. The van der Waals surface area contributed by atoms with E-state index in [9.17, 15) is 4.79 Å². The molecule has 2 amide bonds. The third-order valence-corrected chi connectivity index (χ3v) is 2.16. The number of carbonyl (C=O) groups is 1. The Kier molecular flexibility index (Phi) is 6.08. The minimum atomic E-state index is -0.518. The monoisotopic (exact) mass is 248 g/mol. The fraction of sp³-hybridized carbons (Fsp3) is 0.333. The predicted molar refractivity (Wildman–Crippen MR) is 66.8 cm³/mol. The first-order valence-corrected chi connectivity index (χ1v) is 5.55. The Morgan fingerprint density at radius 3 is 2.67 bits per heavy atom. The van der Waals surface area contributed by atoms with E-state index in [0.717, 1.165) is 5.56 Å². The summed E-state index contributed by atoms with van der Waals surface area (Å²) in [5.74, 6) is 0.677. The lowest BCUT2D eigenvalue weighted by atomic mass is 10.2. The first kappa shape index (κ1) is 13.8. The second-order valence-electron chi connectivity index (χ2n) is 3.56. The van der Waals surface area contributed by atoms with Crippen LogP contribution in [0.2, 0.25) is 0 Å². The van der Waals surface area contributed by atoms with Gasteiger partial charge in [0.1, 0.15) is 11.8 Å². The zero-order chi connectivity index (χ0) is 13.2. The average molecular weight is 248 g/mol. The highest BCUT2D eigenvalue weighted by molar-refractivity contribution is 5.71. The van der Waals surface area contributed by atoms with Crippen LogP contribution in [0.4, 0.5) is 4.79 Å². The van der Waals surface area contributed by atoms with Gasteiger partial charge < -0.3 is 21.1 Å². The summed E-state index contributed by atoms with van der Waals surface area (Å²) in [4.78, 5) is 10.4. The van der Waals surface area contributed by atoms with Crippen LogP contribution in [-0.4, -0.2) is 25.7 Å². The fourth-order valence-corrected chi connectivity index (χ4v) is 1.33. The third-order valence-electron chi connectivity index (χ3n) is 2.16.